The largest absolute Gasteiger partial charge is 0.345 e. The van der Waals surface area contributed by atoms with Gasteiger partial charge in [0.2, 0.25) is 10.0 Å². The fourth-order valence-electron chi connectivity index (χ4n) is 3.52. The third kappa shape index (κ3) is 4.06. The lowest BCUT2D eigenvalue weighted by molar-refractivity contribution is 0.0936. The molecule has 1 unspecified atom stereocenters. The number of hydrogen-bond donors (Lipinski definition) is 1. The zero-order chi connectivity index (χ0) is 20.5. The number of hydrogen-bond acceptors (Lipinski definition) is 3. The van der Waals surface area contributed by atoms with Crippen LogP contribution in [0, 0.1) is 0 Å². The topological polar surface area (TPSA) is 66.5 Å². The number of aryl methyl sites for hydroxylation is 1. The molecule has 0 fully saturated rings. The van der Waals surface area contributed by atoms with E-state index in [1.165, 1.54) is 22.5 Å². The Morgan fingerprint density at radius 2 is 1.86 bits per heavy atom. The van der Waals surface area contributed by atoms with Crippen LogP contribution in [0.15, 0.2) is 41.3 Å². The molecule has 28 heavy (non-hydrogen) atoms. The number of nitrogens with zero attached hydrogens (tertiary/aromatic N) is 1. The smallest absolute Gasteiger partial charge is 0.253 e. The minimum absolute atomic E-state index is 0.0596. The SMILES string of the molecule is CCN(CC)S(=O)(=O)c1ccc(Cl)c(C(=O)NC2CCc3cc(Cl)ccc32)c1. The molecule has 150 valence electrons. The lowest BCUT2D eigenvalue weighted by Crippen LogP contribution is -2.31. The van der Waals surface area contributed by atoms with Crippen molar-refractivity contribution in [3.63, 3.8) is 0 Å². The standard InChI is InChI=1S/C20H22Cl2N2O3S/c1-3-24(4-2)28(26,27)15-7-9-18(22)17(12-15)20(25)23-19-10-5-13-11-14(21)6-8-16(13)19/h6-9,11-12,19H,3-5,10H2,1-2H3,(H,23,25). The first-order valence-corrected chi connectivity index (χ1v) is 11.4. The number of nitrogens with one attached hydrogen (secondary N) is 1. The molecule has 0 bridgehead atoms. The Labute approximate surface area is 175 Å². The van der Waals surface area contributed by atoms with Crippen LogP contribution in [0.5, 0.6) is 0 Å². The molecule has 3 rings (SSSR count). The van der Waals surface area contributed by atoms with Gasteiger partial charge in [0.1, 0.15) is 0 Å². The summed E-state index contributed by atoms with van der Waals surface area (Å²) < 4.78 is 26.9. The zero-order valence-electron chi connectivity index (χ0n) is 15.7. The fraction of sp³-hybridized carbons (Fsp3) is 0.350. The maximum atomic E-state index is 12.9. The van der Waals surface area contributed by atoms with Gasteiger partial charge in [-0.3, -0.25) is 4.79 Å². The first-order chi connectivity index (χ1) is 13.3. The van der Waals surface area contributed by atoms with Crippen molar-refractivity contribution in [1.82, 2.24) is 9.62 Å². The van der Waals surface area contributed by atoms with Crippen molar-refractivity contribution in [2.75, 3.05) is 13.1 Å². The van der Waals surface area contributed by atoms with E-state index in [4.69, 9.17) is 23.2 Å². The summed E-state index contributed by atoms with van der Waals surface area (Å²) in [5, 5.41) is 3.86. The predicted octanol–water partition coefficient (Wildman–Crippen LogP) is 4.44. The van der Waals surface area contributed by atoms with Gasteiger partial charge in [-0.15, -0.1) is 0 Å². The Morgan fingerprint density at radius 1 is 1.14 bits per heavy atom. The highest BCUT2D eigenvalue weighted by Crippen LogP contribution is 2.33. The van der Waals surface area contributed by atoms with Gasteiger partial charge in [-0.1, -0.05) is 43.1 Å². The summed E-state index contributed by atoms with van der Waals surface area (Å²) >= 11 is 12.2. The summed E-state index contributed by atoms with van der Waals surface area (Å²) in [6.07, 6.45) is 1.58. The third-order valence-corrected chi connectivity index (χ3v) is 7.62. The van der Waals surface area contributed by atoms with E-state index in [0.29, 0.717) is 18.1 Å². The van der Waals surface area contributed by atoms with Gasteiger partial charge in [0.25, 0.3) is 5.91 Å². The first-order valence-electron chi connectivity index (χ1n) is 9.16. The van der Waals surface area contributed by atoms with Gasteiger partial charge < -0.3 is 5.32 Å². The van der Waals surface area contributed by atoms with E-state index in [0.717, 1.165) is 24.0 Å². The van der Waals surface area contributed by atoms with E-state index in [9.17, 15) is 13.2 Å². The van der Waals surface area contributed by atoms with Crippen LogP contribution in [0.4, 0.5) is 0 Å². The quantitative estimate of drug-likeness (QED) is 0.721. The monoisotopic (exact) mass is 440 g/mol. The second-order valence-electron chi connectivity index (χ2n) is 6.64. The number of carbonyl (C=O) groups excluding carboxylic acids is 1. The van der Waals surface area contributed by atoms with Gasteiger partial charge in [-0.2, -0.15) is 4.31 Å². The van der Waals surface area contributed by atoms with Gasteiger partial charge in [0.05, 0.1) is 21.5 Å². The second-order valence-corrected chi connectivity index (χ2v) is 9.42. The van der Waals surface area contributed by atoms with E-state index in [2.05, 4.69) is 5.32 Å². The molecule has 0 saturated heterocycles. The van der Waals surface area contributed by atoms with Crippen LogP contribution in [-0.2, 0) is 16.4 Å². The summed E-state index contributed by atoms with van der Waals surface area (Å²) in [6, 6.07) is 9.71. The van der Waals surface area contributed by atoms with Gasteiger partial charge in [0, 0.05) is 18.1 Å². The van der Waals surface area contributed by atoms with Gasteiger partial charge in [-0.25, -0.2) is 8.42 Å². The van der Waals surface area contributed by atoms with Crippen LogP contribution in [0.3, 0.4) is 0 Å². The van der Waals surface area contributed by atoms with E-state index in [1.807, 2.05) is 12.1 Å². The molecule has 0 spiro atoms. The van der Waals surface area contributed by atoms with Crippen molar-refractivity contribution >= 4 is 39.1 Å². The summed E-state index contributed by atoms with van der Waals surface area (Å²) in [5.41, 5.74) is 2.29. The molecular weight excluding hydrogens is 419 g/mol. The van der Waals surface area contributed by atoms with Crippen molar-refractivity contribution in [3.8, 4) is 0 Å². The Bertz CT molecular complexity index is 1000. The predicted molar refractivity (Wildman–Crippen MR) is 112 cm³/mol. The van der Waals surface area contributed by atoms with E-state index < -0.39 is 15.9 Å². The summed E-state index contributed by atoms with van der Waals surface area (Å²) in [7, 11) is -3.67. The molecule has 0 saturated carbocycles. The minimum Gasteiger partial charge on any atom is -0.345 e. The molecular formula is C20H22Cl2N2O3S. The van der Waals surface area contributed by atoms with Crippen LogP contribution < -0.4 is 5.32 Å². The molecule has 1 atom stereocenters. The number of amides is 1. The van der Waals surface area contributed by atoms with Crippen LogP contribution in [-0.4, -0.2) is 31.7 Å². The Kier molecular flexibility index (Phi) is 6.34. The van der Waals surface area contributed by atoms with Crippen molar-refractivity contribution in [2.45, 2.75) is 37.6 Å². The number of carbonyl (C=O) groups is 1. The Morgan fingerprint density at radius 3 is 2.54 bits per heavy atom. The van der Waals surface area contributed by atoms with Crippen molar-refractivity contribution in [1.29, 1.82) is 0 Å². The minimum atomic E-state index is -3.67. The van der Waals surface area contributed by atoms with Crippen molar-refractivity contribution in [2.24, 2.45) is 0 Å². The first kappa shape index (κ1) is 21.1. The van der Waals surface area contributed by atoms with Crippen LogP contribution in [0.1, 0.15) is 47.8 Å². The molecule has 0 heterocycles. The van der Waals surface area contributed by atoms with Gasteiger partial charge in [-0.05, 0) is 54.3 Å². The maximum Gasteiger partial charge on any atom is 0.253 e. The molecule has 8 heteroatoms. The Hall–Kier alpha value is -1.60. The Balaban J connectivity index is 1.87. The molecule has 2 aromatic rings. The van der Waals surface area contributed by atoms with Gasteiger partial charge in [0.15, 0.2) is 0 Å². The van der Waals surface area contributed by atoms with E-state index >= 15 is 0 Å². The lowest BCUT2D eigenvalue weighted by Gasteiger charge is -2.19. The molecule has 1 aliphatic carbocycles. The molecule has 1 amide bonds. The van der Waals surface area contributed by atoms with E-state index in [-0.39, 0.29) is 21.5 Å². The average molecular weight is 441 g/mol. The number of benzene rings is 2. The average Bonchev–Trinajstić information content (AvgIpc) is 3.04. The summed E-state index contributed by atoms with van der Waals surface area (Å²) in [4.78, 5) is 12.9. The van der Waals surface area contributed by atoms with Crippen molar-refractivity contribution in [3.05, 3.63) is 63.1 Å². The summed E-state index contributed by atoms with van der Waals surface area (Å²) in [6.45, 7) is 4.25. The highest BCUT2D eigenvalue weighted by Gasteiger charge is 2.27. The number of rotatable bonds is 6. The van der Waals surface area contributed by atoms with Crippen molar-refractivity contribution < 1.29 is 13.2 Å². The molecule has 0 aliphatic heterocycles. The molecule has 0 radical (unpaired) electrons. The molecule has 5 nitrogen and oxygen atoms in total. The highest BCUT2D eigenvalue weighted by atomic mass is 35.5. The highest BCUT2D eigenvalue weighted by molar-refractivity contribution is 7.89. The third-order valence-electron chi connectivity index (χ3n) is 5.01. The number of sulfonamides is 1. The maximum absolute atomic E-state index is 12.9. The zero-order valence-corrected chi connectivity index (χ0v) is 18.0. The van der Waals surface area contributed by atoms with E-state index in [1.54, 1.807) is 19.9 Å². The number of fused-ring (bicyclic) bond motifs is 1. The fourth-order valence-corrected chi connectivity index (χ4v) is 5.41. The van der Waals surface area contributed by atoms with Gasteiger partial charge >= 0.3 is 0 Å². The van der Waals surface area contributed by atoms with Crippen LogP contribution in [0.25, 0.3) is 0 Å². The lowest BCUT2D eigenvalue weighted by atomic mass is 10.1. The molecule has 0 aromatic heterocycles. The van der Waals surface area contributed by atoms with Crippen LogP contribution >= 0.6 is 23.2 Å². The number of halogens is 2. The summed E-state index contributed by atoms with van der Waals surface area (Å²) in [5.74, 6) is -0.394. The molecule has 1 aliphatic rings. The second kappa shape index (κ2) is 8.41. The molecule has 1 N–H and O–H groups in total. The molecule has 2 aromatic carbocycles. The normalized spacial score (nSPS) is 16.2. The van der Waals surface area contributed by atoms with Crippen LogP contribution in [0.2, 0.25) is 10.0 Å².